The maximum absolute atomic E-state index is 5.22. The maximum Gasteiger partial charge on any atom is 0.267 e. The molecule has 0 saturated heterocycles. The number of aromatic nitrogens is 2. The van der Waals surface area contributed by atoms with Crippen LogP contribution in [0.3, 0.4) is 0 Å². The first-order chi connectivity index (χ1) is 5.68. The molecule has 0 aliphatic rings. The lowest BCUT2D eigenvalue weighted by molar-refractivity contribution is 0.105. The van der Waals surface area contributed by atoms with Crippen LogP contribution in [0.4, 0.5) is 0 Å². The van der Waals surface area contributed by atoms with Gasteiger partial charge in [-0.3, -0.25) is 0 Å². The molecule has 2 N–H and O–H groups in total. The topological polar surface area (TPSA) is 86.5 Å². The molecule has 0 atom stereocenters. The third-order valence-corrected chi connectivity index (χ3v) is 0.966. The Hall–Kier alpha value is -1.59. The Balaban J connectivity index is 2.38. The standard InChI is InChI=1S/C6H10N4O2/c1-4(7)9-11-3-6-8-5(2)10-12-6/h3H2,1-2H3,(H2,7,9). The first-order valence-corrected chi connectivity index (χ1v) is 3.39. The van der Waals surface area contributed by atoms with E-state index < -0.39 is 0 Å². The molecule has 6 nitrogen and oxygen atoms in total. The van der Waals surface area contributed by atoms with Gasteiger partial charge in [-0.25, -0.2) is 0 Å². The predicted octanol–water partition coefficient (Wildman–Crippen LogP) is 0.187. The second kappa shape index (κ2) is 3.70. The molecule has 66 valence electrons. The Morgan fingerprint density at radius 2 is 2.50 bits per heavy atom. The highest BCUT2D eigenvalue weighted by atomic mass is 16.6. The second-order valence-electron chi connectivity index (χ2n) is 2.24. The average molecular weight is 170 g/mol. The highest BCUT2D eigenvalue weighted by Crippen LogP contribution is 1.97. The molecule has 0 fully saturated rings. The van der Waals surface area contributed by atoms with E-state index >= 15 is 0 Å². The van der Waals surface area contributed by atoms with Crippen LogP contribution in [0.2, 0.25) is 0 Å². The van der Waals surface area contributed by atoms with Gasteiger partial charge in [0.15, 0.2) is 12.4 Å². The lowest BCUT2D eigenvalue weighted by atomic mass is 10.7. The van der Waals surface area contributed by atoms with Gasteiger partial charge in [-0.05, 0) is 13.8 Å². The molecule has 0 aliphatic heterocycles. The van der Waals surface area contributed by atoms with E-state index in [4.69, 9.17) is 15.1 Å². The van der Waals surface area contributed by atoms with Gasteiger partial charge in [0.1, 0.15) is 5.84 Å². The number of oxime groups is 1. The third-order valence-electron chi connectivity index (χ3n) is 0.966. The van der Waals surface area contributed by atoms with Crippen molar-refractivity contribution in [1.82, 2.24) is 10.1 Å². The molecule has 0 amide bonds. The van der Waals surface area contributed by atoms with Gasteiger partial charge in [-0.1, -0.05) is 10.3 Å². The van der Waals surface area contributed by atoms with Crippen molar-refractivity contribution in [3.8, 4) is 0 Å². The molecule has 0 unspecified atom stereocenters. The summed E-state index contributed by atoms with van der Waals surface area (Å²) >= 11 is 0. The average Bonchev–Trinajstić information content (AvgIpc) is 2.35. The number of amidine groups is 1. The van der Waals surface area contributed by atoms with Gasteiger partial charge in [-0.2, -0.15) is 4.98 Å². The summed E-state index contributed by atoms with van der Waals surface area (Å²) in [6, 6.07) is 0. The van der Waals surface area contributed by atoms with E-state index in [1.165, 1.54) is 0 Å². The van der Waals surface area contributed by atoms with Crippen LogP contribution in [0.25, 0.3) is 0 Å². The zero-order valence-electron chi connectivity index (χ0n) is 6.94. The van der Waals surface area contributed by atoms with Crippen LogP contribution in [0.15, 0.2) is 9.68 Å². The van der Waals surface area contributed by atoms with Crippen molar-refractivity contribution in [2.75, 3.05) is 0 Å². The van der Waals surface area contributed by atoms with Gasteiger partial charge in [0, 0.05) is 0 Å². The fraction of sp³-hybridized carbons (Fsp3) is 0.500. The zero-order valence-corrected chi connectivity index (χ0v) is 6.94. The van der Waals surface area contributed by atoms with Crippen molar-refractivity contribution in [2.45, 2.75) is 20.5 Å². The van der Waals surface area contributed by atoms with E-state index in [9.17, 15) is 0 Å². The molecular weight excluding hydrogens is 160 g/mol. The molecule has 0 radical (unpaired) electrons. The van der Waals surface area contributed by atoms with Crippen LogP contribution >= 0.6 is 0 Å². The monoisotopic (exact) mass is 170 g/mol. The number of hydrogen-bond donors (Lipinski definition) is 1. The Morgan fingerprint density at radius 3 is 3.00 bits per heavy atom. The van der Waals surface area contributed by atoms with Gasteiger partial charge in [-0.15, -0.1) is 0 Å². The van der Waals surface area contributed by atoms with Crippen molar-refractivity contribution in [2.24, 2.45) is 10.9 Å². The van der Waals surface area contributed by atoms with Crippen LogP contribution in [-0.4, -0.2) is 16.0 Å². The summed E-state index contributed by atoms with van der Waals surface area (Å²) in [7, 11) is 0. The molecule has 0 aromatic carbocycles. The van der Waals surface area contributed by atoms with Crippen LogP contribution in [-0.2, 0) is 11.4 Å². The molecule has 1 aromatic heterocycles. The quantitative estimate of drug-likeness (QED) is 0.397. The molecule has 0 spiro atoms. The van der Waals surface area contributed by atoms with E-state index in [0.717, 1.165) is 0 Å². The van der Waals surface area contributed by atoms with E-state index in [2.05, 4.69) is 15.3 Å². The number of hydrogen-bond acceptors (Lipinski definition) is 5. The van der Waals surface area contributed by atoms with Crippen molar-refractivity contribution < 1.29 is 9.36 Å². The van der Waals surface area contributed by atoms with Crippen molar-refractivity contribution >= 4 is 5.84 Å². The Morgan fingerprint density at radius 1 is 1.75 bits per heavy atom. The molecular formula is C6H10N4O2. The van der Waals surface area contributed by atoms with Gasteiger partial charge >= 0.3 is 0 Å². The Kier molecular flexibility index (Phi) is 2.62. The lowest BCUT2D eigenvalue weighted by Crippen LogP contribution is -2.05. The van der Waals surface area contributed by atoms with E-state index in [1.807, 2.05) is 0 Å². The molecule has 6 heteroatoms. The number of nitrogens with zero attached hydrogens (tertiary/aromatic N) is 3. The summed E-state index contributed by atoms with van der Waals surface area (Å²) < 4.78 is 4.75. The van der Waals surface area contributed by atoms with Gasteiger partial charge < -0.3 is 15.1 Å². The van der Waals surface area contributed by atoms with Crippen LogP contribution in [0.1, 0.15) is 18.6 Å². The Bertz CT molecular complexity index is 277. The molecule has 0 saturated carbocycles. The lowest BCUT2D eigenvalue weighted by Gasteiger charge is -1.92. The van der Waals surface area contributed by atoms with Crippen LogP contribution < -0.4 is 5.73 Å². The first kappa shape index (κ1) is 8.51. The maximum atomic E-state index is 5.22. The summed E-state index contributed by atoms with van der Waals surface area (Å²) in [5, 5.41) is 7.06. The minimum absolute atomic E-state index is 0.148. The summed E-state index contributed by atoms with van der Waals surface area (Å²) in [4.78, 5) is 8.66. The van der Waals surface area contributed by atoms with Crippen molar-refractivity contribution in [1.29, 1.82) is 0 Å². The minimum atomic E-state index is 0.148. The van der Waals surface area contributed by atoms with Crippen molar-refractivity contribution in [3.05, 3.63) is 11.7 Å². The van der Waals surface area contributed by atoms with Crippen LogP contribution in [0.5, 0.6) is 0 Å². The predicted molar refractivity (Wildman–Crippen MR) is 41.1 cm³/mol. The van der Waals surface area contributed by atoms with Gasteiger partial charge in [0.05, 0.1) is 0 Å². The zero-order chi connectivity index (χ0) is 8.97. The highest BCUT2D eigenvalue weighted by Gasteiger charge is 2.01. The van der Waals surface area contributed by atoms with E-state index in [1.54, 1.807) is 13.8 Å². The summed E-state index contributed by atoms with van der Waals surface area (Å²) in [5.74, 6) is 1.31. The molecule has 0 bridgehead atoms. The highest BCUT2D eigenvalue weighted by molar-refractivity contribution is 5.76. The van der Waals surface area contributed by atoms with Gasteiger partial charge in [0.25, 0.3) is 5.89 Å². The summed E-state index contributed by atoms with van der Waals surface area (Å²) in [6.07, 6.45) is 0. The second-order valence-corrected chi connectivity index (χ2v) is 2.24. The third kappa shape index (κ3) is 2.57. The summed E-state index contributed by atoms with van der Waals surface area (Å²) in [5.41, 5.74) is 5.22. The fourth-order valence-corrected chi connectivity index (χ4v) is 0.588. The first-order valence-electron chi connectivity index (χ1n) is 3.39. The van der Waals surface area contributed by atoms with Crippen LogP contribution in [0, 0.1) is 6.92 Å². The van der Waals surface area contributed by atoms with Gasteiger partial charge in [0.2, 0.25) is 0 Å². The number of nitrogens with two attached hydrogens (primary N) is 1. The largest absolute Gasteiger partial charge is 0.385 e. The SMILES string of the molecule is CC(N)=NOCc1nc(C)no1. The molecule has 1 heterocycles. The molecule has 1 aromatic rings. The normalized spacial score (nSPS) is 11.7. The Labute approximate surface area is 69.4 Å². The fourth-order valence-electron chi connectivity index (χ4n) is 0.588. The van der Waals surface area contributed by atoms with Crippen molar-refractivity contribution in [3.63, 3.8) is 0 Å². The number of aryl methyl sites for hydroxylation is 1. The minimum Gasteiger partial charge on any atom is -0.385 e. The molecule has 12 heavy (non-hydrogen) atoms. The molecule has 0 aliphatic carbocycles. The number of rotatable bonds is 3. The van der Waals surface area contributed by atoms with E-state index in [0.29, 0.717) is 17.6 Å². The smallest absolute Gasteiger partial charge is 0.267 e. The van der Waals surface area contributed by atoms with E-state index in [-0.39, 0.29) is 6.61 Å². The molecule has 1 rings (SSSR count). The summed E-state index contributed by atoms with van der Waals surface area (Å²) in [6.45, 7) is 3.50.